The SMILES string of the molecule is Cn1cc(Nc2nc(NC(=O)OC(C)(C)C)cn2C)cc1C(=O)NCCC(N)c1cn(C)c(Nc2cc(C(=O)NCCC(N)c3cn(C)c(C(=O)O)n3)n(C)c2)n1. The fraction of sp³-hybridized carbons (Fsp3) is 0.417. The molecule has 306 valence electrons. The number of aromatic carboxylic acids is 1. The Morgan fingerprint density at radius 2 is 1.18 bits per heavy atom. The Labute approximate surface area is 328 Å². The third-order valence-electron chi connectivity index (χ3n) is 8.72. The normalized spacial score (nSPS) is 12.5. The fourth-order valence-electron chi connectivity index (χ4n) is 5.84. The van der Waals surface area contributed by atoms with Crippen molar-refractivity contribution in [2.75, 3.05) is 29.0 Å². The number of carbonyl (C=O) groups excluding carboxylic acids is 3. The van der Waals surface area contributed by atoms with E-state index in [1.54, 1.807) is 110 Å². The van der Waals surface area contributed by atoms with Crippen molar-refractivity contribution in [2.24, 2.45) is 46.7 Å². The van der Waals surface area contributed by atoms with Crippen LogP contribution in [0.3, 0.4) is 0 Å². The van der Waals surface area contributed by atoms with Gasteiger partial charge in [-0.25, -0.2) is 19.6 Å². The van der Waals surface area contributed by atoms with Gasteiger partial charge in [-0.1, -0.05) is 0 Å². The minimum absolute atomic E-state index is 0.109. The van der Waals surface area contributed by atoms with Crippen molar-refractivity contribution in [3.8, 4) is 0 Å². The average molecular weight is 790 g/mol. The summed E-state index contributed by atoms with van der Waals surface area (Å²) >= 11 is 0. The molecular weight excluding hydrogens is 738 g/mol. The second-order valence-electron chi connectivity index (χ2n) is 14.7. The molecule has 21 nitrogen and oxygen atoms in total. The molecule has 10 N–H and O–H groups in total. The van der Waals surface area contributed by atoms with Crippen molar-refractivity contribution in [1.29, 1.82) is 0 Å². The molecule has 0 bridgehead atoms. The van der Waals surface area contributed by atoms with Gasteiger partial charge < -0.3 is 65.4 Å². The monoisotopic (exact) mass is 789 g/mol. The van der Waals surface area contributed by atoms with Gasteiger partial charge in [-0.05, 0) is 45.7 Å². The summed E-state index contributed by atoms with van der Waals surface area (Å²) in [6.45, 7) is 5.86. The largest absolute Gasteiger partial charge is 0.475 e. The number of aromatic nitrogens is 8. The van der Waals surface area contributed by atoms with Crippen LogP contribution in [0.5, 0.6) is 0 Å². The van der Waals surface area contributed by atoms with Crippen LogP contribution in [0, 0.1) is 0 Å². The van der Waals surface area contributed by atoms with Gasteiger partial charge in [0.1, 0.15) is 17.0 Å². The maximum absolute atomic E-state index is 13.1. The quantitative estimate of drug-likeness (QED) is 0.0715. The first kappa shape index (κ1) is 41.6. The summed E-state index contributed by atoms with van der Waals surface area (Å²) in [4.78, 5) is 62.6. The number of nitrogens with two attached hydrogens (primary N) is 2. The van der Waals surface area contributed by atoms with E-state index in [0.717, 1.165) is 0 Å². The van der Waals surface area contributed by atoms with Crippen molar-refractivity contribution < 1.29 is 29.0 Å². The second-order valence-corrected chi connectivity index (χ2v) is 14.7. The van der Waals surface area contributed by atoms with Gasteiger partial charge in [0.15, 0.2) is 5.82 Å². The number of rotatable bonds is 16. The van der Waals surface area contributed by atoms with Crippen molar-refractivity contribution in [2.45, 2.75) is 51.3 Å². The first-order valence-electron chi connectivity index (χ1n) is 18.1. The number of ether oxygens (including phenoxy) is 1. The molecule has 21 heteroatoms. The van der Waals surface area contributed by atoms with E-state index < -0.39 is 29.7 Å². The van der Waals surface area contributed by atoms with E-state index in [2.05, 4.69) is 41.5 Å². The number of aryl methyl sites for hydroxylation is 5. The molecule has 5 aromatic heterocycles. The average Bonchev–Trinajstić information content (AvgIpc) is 3.93. The lowest BCUT2D eigenvalue weighted by atomic mass is 10.1. The van der Waals surface area contributed by atoms with E-state index in [1.165, 1.54) is 4.57 Å². The molecule has 5 heterocycles. The van der Waals surface area contributed by atoms with Crippen LogP contribution in [-0.2, 0) is 40.0 Å². The number of carboxylic acid groups (broad SMARTS) is 1. The van der Waals surface area contributed by atoms with Crippen LogP contribution in [0.15, 0.2) is 43.1 Å². The van der Waals surface area contributed by atoms with Crippen LogP contribution >= 0.6 is 0 Å². The molecule has 57 heavy (non-hydrogen) atoms. The summed E-state index contributed by atoms with van der Waals surface area (Å²) in [5.41, 5.74) is 15.1. The van der Waals surface area contributed by atoms with Gasteiger partial charge in [-0.15, -0.1) is 0 Å². The molecule has 0 aliphatic carbocycles. The highest BCUT2D eigenvalue weighted by molar-refractivity contribution is 5.94. The second kappa shape index (κ2) is 17.0. The molecule has 2 atom stereocenters. The molecule has 0 aliphatic heterocycles. The highest BCUT2D eigenvalue weighted by atomic mass is 16.6. The molecule has 5 aromatic rings. The van der Waals surface area contributed by atoms with Gasteiger partial charge in [0.05, 0.1) is 34.8 Å². The van der Waals surface area contributed by atoms with E-state index >= 15 is 0 Å². The maximum atomic E-state index is 13.1. The Bertz CT molecular complexity index is 2250. The number of hydrogen-bond acceptors (Lipinski definition) is 12. The number of anilines is 5. The molecular formula is C36H51N15O6. The van der Waals surface area contributed by atoms with Crippen molar-refractivity contribution >= 4 is 53.0 Å². The van der Waals surface area contributed by atoms with Crippen LogP contribution in [0.2, 0.25) is 0 Å². The first-order valence-corrected chi connectivity index (χ1v) is 18.1. The molecule has 0 radical (unpaired) electrons. The van der Waals surface area contributed by atoms with Crippen LogP contribution in [0.25, 0.3) is 0 Å². The number of carbonyl (C=O) groups is 4. The molecule has 0 aromatic carbocycles. The van der Waals surface area contributed by atoms with E-state index in [0.29, 0.717) is 71.3 Å². The summed E-state index contributed by atoms with van der Waals surface area (Å²) in [6, 6.07) is 2.36. The first-order chi connectivity index (χ1) is 26.8. The smallest absolute Gasteiger partial charge is 0.413 e. The molecule has 0 spiro atoms. The lowest BCUT2D eigenvalue weighted by Gasteiger charge is -2.18. The molecule has 2 unspecified atom stereocenters. The maximum Gasteiger partial charge on any atom is 0.413 e. The van der Waals surface area contributed by atoms with Crippen molar-refractivity contribution in [3.63, 3.8) is 0 Å². The number of nitrogens with zero attached hydrogens (tertiary/aromatic N) is 8. The fourth-order valence-corrected chi connectivity index (χ4v) is 5.84. The summed E-state index contributed by atoms with van der Waals surface area (Å²) < 4.78 is 13.5. The van der Waals surface area contributed by atoms with Crippen LogP contribution in [0.1, 0.15) is 88.7 Å². The summed E-state index contributed by atoms with van der Waals surface area (Å²) in [6.07, 6.45) is 8.67. The summed E-state index contributed by atoms with van der Waals surface area (Å²) in [5, 5.41) is 24.0. The third kappa shape index (κ3) is 10.6. The zero-order valence-electron chi connectivity index (χ0n) is 33.2. The number of nitrogens with one attached hydrogen (secondary N) is 5. The van der Waals surface area contributed by atoms with E-state index in [9.17, 15) is 24.3 Å². The molecule has 0 saturated heterocycles. The zero-order chi connectivity index (χ0) is 41.8. The predicted octanol–water partition coefficient (Wildman–Crippen LogP) is 2.74. The van der Waals surface area contributed by atoms with Gasteiger partial charge >= 0.3 is 12.1 Å². The summed E-state index contributed by atoms with van der Waals surface area (Å²) in [7, 11) is 8.67. The highest BCUT2D eigenvalue weighted by Crippen LogP contribution is 2.23. The van der Waals surface area contributed by atoms with Gasteiger partial charge in [-0.3, -0.25) is 14.9 Å². The van der Waals surface area contributed by atoms with Crippen LogP contribution < -0.4 is 38.1 Å². The topological polar surface area (TPSA) is 273 Å². The van der Waals surface area contributed by atoms with Crippen molar-refractivity contribution in [3.05, 3.63) is 71.7 Å². The number of carboxylic acids is 1. The minimum atomic E-state index is -1.15. The minimum Gasteiger partial charge on any atom is -0.475 e. The van der Waals surface area contributed by atoms with Crippen molar-refractivity contribution in [1.82, 2.24) is 48.4 Å². The van der Waals surface area contributed by atoms with E-state index in [4.69, 9.17) is 16.2 Å². The predicted molar refractivity (Wildman–Crippen MR) is 212 cm³/mol. The molecule has 0 aliphatic rings. The standard InChI is InChI=1S/C36H51N15O6/c1-36(2,3)57-35(56)46-28-19-51(8)34(45-28)42-21-14-27(48(5)16-21)31(53)40-12-10-23(38)25-18-50(7)33(44-25)41-20-13-26(47(4)15-20)30(52)39-11-9-22(37)24-17-49(6)29(43-24)32(54)55/h13-19,22-23H,9-12,37-38H2,1-8H3,(H,39,52)(H,40,53)(H,41,44)(H,42,45)(H,46,56)(H,54,55). The van der Waals surface area contributed by atoms with E-state index in [-0.39, 0.29) is 24.2 Å². The number of imidazole rings is 3. The Morgan fingerprint density at radius 3 is 1.67 bits per heavy atom. The summed E-state index contributed by atoms with van der Waals surface area (Å²) in [5.74, 6) is -0.593. The highest BCUT2D eigenvalue weighted by Gasteiger charge is 2.21. The Balaban J connectivity index is 1.09. The lowest BCUT2D eigenvalue weighted by Crippen LogP contribution is -2.28. The molecule has 3 amide bonds. The zero-order valence-corrected chi connectivity index (χ0v) is 33.2. The number of amides is 3. The molecule has 0 saturated carbocycles. The third-order valence-corrected chi connectivity index (χ3v) is 8.72. The van der Waals surface area contributed by atoms with Gasteiger partial charge in [0.2, 0.25) is 17.7 Å². The van der Waals surface area contributed by atoms with Gasteiger partial charge in [-0.2, -0.15) is 4.98 Å². The van der Waals surface area contributed by atoms with Gasteiger partial charge in [0, 0.05) is 79.3 Å². The Hall–Kier alpha value is -6.61. The molecule has 0 fully saturated rings. The number of hydrogen-bond donors (Lipinski definition) is 8. The van der Waals surface area contributed by atoms with Crippen LogP contribution in [0.4, 0.5) is 33.9 Å². The Kier molecular flexibility index (Phi) is 12.4. The Morgan fingerprint density at radius 1 is 0.702 bits per heavy atom. The molecule has 5 rings (SSSR count). The van der Waals surface area contributed by atoms with Crippen LogP contribution in [-0.4, -0.2) is 85.5 Å². The van der Waals surface area contributed by atoms with Gasteiger partial charge in [0.25, 0.3) is 11.8 Å². The lowest BCUT2D eigenvalue weighted by molar-refractivity contribution is 0.0632. The van der Waals surface area contributed by atoms with E-state index in [1.807, 2.05) is 7.05 Å².